The first-order chi connectivity index (χ1) is 24.9. The van der Waals surface area contributed by atoms with Gasteiger partial charge >= 0.3 is 0 Å². The first-order valence-electron chi connectivity index (χ1n) is 17.4. The molecule has 0 bridgehead atoms. The van der Waals surface area contributed by atoms with E-state index in [1.807, 2.05) is 54.6 Å². The van der Waals surface area contributed by atoms with Crippen molar-refractivity contribution in [2.24, 2.45) is 0 Å². The average molecular weight is 691 g/mol. The summed E-state index contributed by atoms with van der Waals surface area (Å²) in [6.07, 6.45) is 3.27. The number of methoxy groups -OCH3 is 2. The van der Waals surface area contributed by atoms with Gasteiger partial charge in [0.1, 0.15) is 22.9 Å². The monoisotopic (exact) mass is 690 g/mol. The molecule has 12 heteroatoms. The van der Waals surface area contributed by atoms with Gasteiger partial charge in [0, 0.05) is 56.4 Å². The normalized spacial score (nSPS) is 13.2. The lowest BCUT2D eigenvalue weighted by atomic mass is 10.0. The smallest absolute Gasteiger partial charge is 0.273 e. The van der Waals surface area contributed by atoms with E-state index in [9.17, 15) is 9.90 Å². The molecular formula is C39H46N8O4. The predicted octanol–water partition coefficient (Wildman–Crippen LogP) is 5.64. The quantitative estimate of drug-likeness (QED) is 0.135. The number of benzene rings is 3. The number of nitrogens with one attached hydrogen (secondary N) is 2. The minimum atomic E-state index is -0.245. The van der Waals surface area contributed by atoms with E-state index in [-0.39, 0.29) is 12.5 Å². The SMILES string of the molecule is CCc1cccc(CC)c1NC(=O)c1cc(-c2ccnc(Nc3ccc(N4CCN(CCO)CC4)cc3OC)n2)nn1Cc1ccc(OC)cc1. The Kier molecular flexibility index (Phi) is 11.4. The standard InChI is InChI=1S/C39H46N8O4/c1-5-28-8-7-9-29(6-2)37(28)43-38(49)35-25-34(44-47(35)26-27-10-13-31(50-3)14-11-27)32-16-17-40-39(41-32)42-33-15-12-30(24-36(33)51-4)46-20-18-45(19-21-46)22-23-48/h7-17,24-25,48H,5-6,18-23,26H2,1-4H3,(H,43,49)(H,40,41,42). The predicted molar refractivity (Wildman–Crippen MR) is 201 cm³/mol. The van der Waals surface area contributed by atoms with Gasteiger partial charge in [-0.3, -0.25) is 14.4 Å². The fraction of sp³-hybridized carbons (Fsp3) is 0.333. The van der Waals surface area contributed by atoms with Crippen LogP contribution in [-0.4, -0.2) is 89.2 Å². The van der Waals surface area contributed by atoms with Crippen molar-refractivity contribution < 1.29 is 19.4 Å². The van der Waals surface area contributed by atoms with Crippen molar-refractivity contribution >= 4 is 28.9 Å². The number of hydrogen-bond donors (Lipinski definition) is 3. The molecule has 0 aliphatic carbocycles. The number of rotatable bonds is 14. The molecule has 0 saturated carbocycles. The van der Waals surface area contributed by atoms with Crippen molar-refractivity contribution in [3.8, 4) is 22.9 Å². The van der Waals surface area contributed by atoms with Gasteiger partial charge in [0.15, 0.2) is 0 Å². The summed E-state index contributed by atoms with van der Waals surface area (Å²) in [7, 11) is 3.28. The number of amides is 1. The summed E-state index contributed by atoms with van der Waals surface area (Å²) in [5.41, 5.74) is 7.30. The molecule has 51 heavy (non-hydrogen) atoms. The van der Waals surface area contributed by atoms with Crippen LogP contribution in [0.3, 0.4) is 0 Å². The number of hydrogen-bond acceptors (Lipinski definition) is 10. The molecule has 3 aromatic carbocycles. The van der Waals surface area contributed by atoms with Crippen LogP contribution in [-0.2, 0) is 19.4 Å². The Labute approximate surface area is 299 Å². The first-order valence-corrected chi connectivity index (χ1v) is 17.4. The highest BCUT2D eigenvalue weighted by Crippen LogP contribution is 2.32. The van der Waals surface area contributed by atoms with Crippen LogP contribution in [0.2, 0.25) is 0 Å². The van der Waals surface area contributed by atoms with E-state index in [1.54, 1.807) is 37.2 Å². The Morgan fingerprint density at radius 3 is 2.29 bits per heavy atom. The van der Waals surface area contributed by atoms with Gasteiger partial charge in [-0.15, -0.1) is 0 Å². The van der Waals surface area contributed by atoms with Gasteiger partial charge in [0.05, 0.1) is 38.8 Å². The van der Waals surface area contributed by atoms with Gasteiger partial charge in [-0.2, -0.15) is 5.10 Å². The van der Waals surface area contributed by atoms with Crippen LogP contribution in [0.25, 0.3) is 11.4 Å². The van der Waals surface area contributed by atoms with Crippen LogP contribution in [0.5, 0.6) is 11.5 Å². The molecule has 2 aromatic heterocycles. The Bertz CT molecular complexity index is 1910. The molecule has 1 saturated heterocycles. The number of β-amino-alcohol motifs (C(OH)–C–C–N with tert-alkyl or cyclic N) is 1. The topological polar surface area (TPSA) is 130 Å². The summed E-state index contributed by atoms with van der Waals surface area (Å²) in [4.78, 5) is 27.9. The van der Waals surface area contributed by atoms with Crippen molar-refractivity contribution in [3.63, 3.8) is 0 Å². The van der Waals surface area contributed by atoms with Crippen molar-refractivity contribution in [2.75, 3.05) is 69.1 Å². The minimum Gasteiger partial charge on any atom is -0.497 e. The number of aromatic nitrogens is 4. The Hall–Kier alpha value is -5.46. The molecule has 0 atom stereocenters. The maximum atomic E-state index is 14.0. The molecular weight excluding hydrogens is 644 g/mol. The summed E-state index contributed by atoms with van der Waals surface area (Å²) in [5.74, 6) is 1.55. The van der Waals surface area contributed by atoms with E-state index >= 15 is 0 Å². The number of aliphatic hydroxyl groups excluding tert-OH is 1. The molecule has 1 aliphatic heterocycles. The highest BCUT2D eigenvalue weighted by Gasteiger charge is 2.21. The zero-order chi connectivity index (χ0) is 35.7. The number of aryl methyl sites for hydroxylation is 2. The maximum absolute atomic E-state index is 14.0. The molecule has 0 unspecified atom stereocenters. The second-order valence-corrected chi connectivity index (χ2v) is 12.4. The van der Waals surface area contributed by atoms with Gasteiger partial charge < -0.3 is 30.1 Å². The fourth-order valence-corrected chi connectivity index (χ4v) is 6.36. The average Bonchev–Trinajstić information content (AvgIpc) is 3.60. The second kappa shape index (κ2) is 16.5. The largest absolute Gasteiger partial charge is 0.497 e. The maximum Gasteiger partial charge on any atom is 0.273 e. The van der Waals surface area contributed by atoms with E-state index < -0.39 is 0 Å². The van der Waals surface area contributed by atoms with Gasteiger partial charge in [-0.1, -0.05) is 44.2 Å². The van der Waals surface area contributed by atoms with Crippen LogP contribution in [0.15, 0.2) is 79.0 Å². The zero-order valence-corrected chi connectivity index (χ0v) is 29.7. The molecule has 3 N–H and O–H groups in total. The molecule has 5 aromatic rings. The summed E-state index contributed by atoms with van der Waals surface area (Å²) < 4.78 is 12.8. The minimum absolute atomic E-state index is 0.174. The molecule has 6 rings (SSSR count). The molecule has 1 amide bonds. The molecule has 1 fully saturated rings. The lowest BCUT2D eigenvalue weighted by molar-refractivity contribution is 0.101. The number of anilines is 4. The lowest BCUT2D eigenvalue weighted by Crippen LogP contribution is -2.47. The van der Waals surface area contributed by atoms with E-state index in [1.165, 1.54) is 0 Å². The molecule has 12 nitrogen and oxygen atoms in total. The fourth-order valence-electron chi connectivity index (χ4n) is 6.36. The summed E-state index contributed by atoms with van der Waals surface area (Å²) in [5, 5.41) is 20.7. The Morgan fingerprint density at radius 1 is 0.882 bits per heavy atom. The van der Waals surface area contributed by atoms with Crippen LogP contribution in [0, 0.1) is 0 Å². The summed E-state index contributed by atoms with van der Waals surface area (Å²) in [6.45, 7) is 8.96. The van der Waals surface area contributed by atoms with Crippen molar-refractivity contribution in [1.29, 1.82) is 0 Å². The number of ether oxygens (including phenoxy) is 2. The number of piperazine rings is 1. The van der Waals surface area contributed by atoms with E-state index in [0.717, 1.165) is 78.5 Å². The number of aliphatic hydroxyl groups is 1. The van der Waals surface area contributed by atoms with Gasteiger partial charge in [0.25, 0.3) is 5.91 Å². The molecule has 0 spiro atoms. The number of carbonyl (C=O) groups is 1. The molecule has 266 valence electrons. The van der Waals surface area contributed by atoms with E-state index in [2.05, 4.69) is 45.3 Å². The van der Waals surface area contributed by atoms with Gasteiger partial charge in [-0.25, -0.2) is 9.97 Å². The zero-order valence-electron chi connectivity index (χ0n) is 29.7. The van der Waals surface area contributed by atoms with Gasteiger partial charge in [0.2, 0.25) is 5.95 Å². The number of para-hydroxylation sites is 1. The van der Waals surface area contributed by atoms with Gasteiger partial charge in [-0.05, 0) is 65.9 Å². The molecule has 3 heterocycles. The van der Waals surface area contributed by atoms with Crippen molar-refractivity contribution in [3.05, 3.63) is 101 Å². The van der Waals surface area contributed by atoms with Crippen LogP contribution < -0.4 is 25.0 Å². The lowest BCUT2D eigenvalue weighted by Gasteiger charge is -2.36. The van der Waals surface area contributed by atoms with Crippen LogP contribution >= 0.6 is 0 Å². The molecule has 0 radical (unpaired) electrons. The Balaban J connectivity index is 1.27. The number of carbonyl (C=O) groups excluding carboxylic acids is 1. The molecule has 1 aliphatic rings. The van der Waals surface area contributed by atoms with Crippen molar-refractivity contribution in [2.45, 2.75) is 33.2 Å². The summed E-state index contributed by atoms with van der Waals surface area (Å²) in [6, 6.07) is 23.5. The second-order valence-electron chi connectivity index (χ2n) is 12.4. The van der Waals surface area contributed by atoms with E-state index in [4.69, 9.17) is 19.6 Å². The third-order valence-corrected chi connectivity index (χ3v) is 9.24. The highest BCUT2D eigenvalue weighted by atomic mass is 16.5. The third-order valence-electron chi connectivity index (χ3n) is 9.24. The Morgan fingerprint density at radius 2 is 1.63 bits per heavy atom. The van der Waals surface area contributed by atoms with Crippen molar-refractivity contribution in [1.82, 2.24) is 24.6 Å². The van der Waals surface area contributed by atoms with Crippen LogP contribution in [0.1, 0.15) is 41.0 Å². The third kappa shape index (κ3) is 8.30. The summed E-state index contributed by atoms with van der Waals surface area (Å²) >= 11 is 0. The van der Waals surface area contributed by atoms with E-state index in [0.29, 0.717) is 41.9 Å². The first kappa shape index (κ1) is 35.4. The number of nitrogens with zero attached hydrogens (tertiary/aromatic N) is 6. The highest BCUT2D eigenvalue weighted by molar-refractivity contribution is 6.04. The van der Waals surface area contributed by atoms with Crippen LogP contribution in [0.4, 0.5) is 23.0 Å².